The van der Waals surface area contributed by atoms with Crippen molar-refractivity contribution in [2.24, 2.45) is 22.7 Å². The van der Waals surface area contributed by atoms with Gasteiger partial charge in [0.1, 0.15) is 0 Å². The first kappa shape index (κ1) is 17.6. The van der Waals surface area contributed by atoms with Gasteiger partial charge in [-0.15, -0.1) is 0 Å². The van der Waals surface area contributed by atoms with Gasteiger partial charge in [0.15, 0.2) is 5.96 Å². The molecule has 2 aliphatic heterocycles. The van der Waals surface area contributed by atoms with Gasteiger partial charge in [-0.1, -0.05) is 20.8 Å². The van der Waals surface area contributed by atoms with Gasteiger partial charge in [0.2, 0.25) is 0 Å². The molecule has 4 heteroatoms. The van der Waals surface area contributed by atoms with E-state index in [2.05, 4.69) is 42.8 Å². The molecule has 2 fully saturated rings. The first-order valence-corrected chi connectivity index (χ1v) is 9.37. The molecule has 3 atom stereocenters. The summed E-state index contributed by atoms with van der Waals surface area (Å²) in [4.78, 5) is 10.1. The maximum atomic E-state index is 4.99. The maximum absolute atomic E-state index is 4.99. The zero-order chi connectivity index (χ0) is 15.9. The average Bonchev–Trinajstić information content (AvgIpc) is 2.90. The van der Waals surface area contributed by atoms with Crippen LogP contribution in [-0.2, 0) is 0 Å². The van der Waals surface area contributed by atoms with E-state index < -0.39 is 0 Å². The molecule has 0 aromatic heterocycles. The van der Waals surface area contributed by atoms with Gasteiger partial charge < -0.3 is 15.1 Å². The molecular weight excluding hydrogens is 272 g/mol. The van der Waals surface area contributed by atoms with Crippen LogP contribution < -0.4 is 5.32 Å². The van der Waals surface area contributed by atoms with Crippen molar-refractivity contribution in [1.82, 2.24) is 15.1 Å². The van der Waals surface area contributed by atoms with Crippen LogP contribution in [0.15, 0.2) is 4.99 Å². The molecule has 128 valence electrons. The molecule has 2 saturated heterocycles. The summed E-state index contributed by atoms with van der Waals surface area (Å²) in [5.74, 6) is 3.45. The lowest BCUT2D eigenvalue weighted by molar-refractivity contribution is 0.208. The molecule has 0 aliphatic carbocycles. The van der Waals surface area contributed by atoms with Crippen molar-refractivity contribution in [3.63, 3.8) is 0 Å². The number of rotatable bonds is 5. The van der Waals surface area contributed by atoms with Crippen molar-refractivity contribution in [1.29, 1.82) is 0 Å². The molecule has 0 amide bonds. The minimum Gasteiger partial charge on any atom is -0.357 e. The summed E-state index contributed by atoms with van der Waals surface area (Å²) < 4.78 is 0. The Balaban J connectivity index is 1.90. The molecule has 2 aliphatic rings. The van der Waals surface area contributed by atoms with Gasteiger partial charge in [-0.2, -0.15) is 0 Å². The highest BCUT2D eigenvalue weighted by Gasteiger charge is 2.25. The van der Waals surface area contributed by atoms with E-state index >= 15 is 0 Å². The molecule has 4 nitrogen and oxygen atoms in total. The van der Waals surface area contributed by atoms with Crippen LogP contribution in [0.2, 0.25) is 0 Å². The molecular formula is C18H36N4. The summed E-state index contributed by atoms with van der Waals surface area (Å²) >= 11 is 0. The minimum atomic E-state index is 0.750. The summed E-state index contributed by atoms with van der Waals surface area (Å²) in [6.45, 7) is 17.2. The van der Waals surface area contributed by atoms with Crippen molar-refractivity contribution in [3.05, 3.63) is 0 Å². The van der Waals surface area contributed by atoms with Gasteiger partial charge in [0.25, 0.3) is 0 Å². The number of nitrogens with one attached hydrogen (secondary N) is 1. The number of guanidine groups is 1. The van der Waals surface area contributed by atoms with E-state index in [1.807, 2.05) is 0 Å². The molecule has 2 rings (SSSR count). The molecule has 0 aromatic rings. The molecule has 0 spiro atoms. The molecule has 1 N–H and O–H groups in total. The van der Waals surface area contributed by atoms with Gasteiger partial charge in [-0.3, -0.25) is 4.99 Å². The highest BCUT2D eigenvalue weighted by Crippen LogP contribution is 2.21. The Bertz CT molecular complexity index is 345. The summed E-state index contributed by atoms with van der Waals surface area (Å²) in [5, 5.41) is 3.52. The van der Waals surface area contributed by atoms with Gasteiger partial charge in [-0.25, -0.2) is 0 Å². The highest BCUT2D eigenvalue weighted by molar-refractivity contribution is 5.80. The zero-order valence-electron chi connectivity index (χ0n) is 15.1. The Hall–Kier alpha value is -0.770. The third kappa shape index (κ3) is 5.15. The molecule has 0 bridgehead atoms. The van der Waals surface area contributed by atoms with E-state index in [1.54, 1.807) is 0 Å². The topological polar surface area (TPSA) is 30.9 Å². The summed E-state index contributed by atoms with van der Waals surface area (Å²) in [6.07, 6.45) is 3.93. The Morgan fingerprint density at radius 2 is 1.86 bits per heavy atom. The van der Waals surface area contributed by atoms with Crippen LogP contribution >= 0.6 is 0 Å². The Morgan fingerprint density at radius 3 is 2.50 bits per heavy atom. The zero-order valence-corrected chi connectivity index (χ0v) is 15.1. The van der Waals surface area contributed by atoms with E-state index in [4.69, 9.17) is 4.99 Å². The van der Waals surface area contributed by atoms with E-state index in [0.717, 1.165) is 49.9 Å². The maximum Gasteiger partial charge on any atom is 0.193 e. The second kappa shape index (κ2) is 8.76. The van der Waals surface area contributed by atoms with Crippen LogP contribution in [0, 0.1) is 17.8 Å². The van der Waals surface area contributed by atoms with Gasteiger partial charge in [-0.05, 0) is 57.0 Å². The monoisotopic (exact) mass is 308 g/mol. The van der Waals surface area contributed by atoms with Gasteiger partial charge in [0.05, 0.1) is 0 Å². The third-order valence-electron chi connectivity index (χ3n) is 4.91. The summed E-state index contributed by atoms with van der Waals surface area (Å²) in [6, 6.07) is 0. The third-order valence-corrected chi connectivity index (χ3v) is 4.91. The summed E-state index contributed by atoms with van der Waals surface area (Å²) in [5.41, 5.74) is 0. The molecule has 0 radical (unpaired) electrons. The van der Waals surface area contributed by atoms with E-state index in [1.165, 1.54) is 38.9 Å². The molecule has 3 unspecified atom stereocenters. The predicted octanol–water partition coefficient (Wildman–Crippen LogP) is 2.66. The van der Waals surface area contributed by atoms with Crippen molar-refractivity contribution in [3.8, 4) is 0 Å². The fraction of sp³-hybridized carbons (Fsp3) is 0.944. The molecule has 2 heterocycles. The van der Waals surface area contributed by atoms with E-state index in [-0.39, 0.29) is 0 Å². The normalized spacial score (nSPS) is 30.8. The van der Waals surface area contributed by atoms with Crippen LogP contribution in [0.3, 0.4) is 0 Å². The Morgan fingerprint density at radius 1 is 1.14 bits per heavy atom. The smallest absolute Gasteiger partial charge is 0.193 e. The minimum absolute atomic E-state index is 0.750. The quantitative estimate of drug-likeness (QED) is 0.626. The van der Waals surface area contributed by atoms with Crippen LogP contribution in [0.25, 0.3) is 0 Å². The predicted molar refractivity (Wildman–Crippen MR) is 95.3 cm³/mol. The van der Waals surface area contributed by atoms with Crippen molar-refractivity contribution >= 4 is 5.96 Å². The molecule has 0 aromatic carbocycles. The molecule has 22 heavy (non-hydrogen) atoms. The number of piperidine rings is 1. The number of aliphatic imine (C=N–C) groups is 1. The van der Waals surface area contributed by atoms with Gasteiger partial charge >= 0.3 is 0 Å². The lowest BCUT2D eigenvalue weighted by atomic mass is 9.92. The lowest BCUT2D eigenvalue weighted by Gasteiger charge is -2.37. The average molecular weight is 309 g/mol. The standard InChI is InChI=1S/C18H36N4/c1-5-8-21-9-7-17(14-21)11-20-18(19-6-2)22-12-15(3)10-16(4)13-22/h15-17H,5-14H2,1-4H3,(H,19,20). The van der Waals surface area contributed by atoms with Crippen LogP contribution in [0.5, 0.6) is 0 Å². The SMILES string of the molecule is CCCN1CCC(CN=C(NCC)N2CC(C)CC(C)C2)C1. The first-order chi connectivity index (χ1) is 10.6. The van der Waals surface area contributed by atoms with Crippen molar-refractivity contribution in [2.75, 3.05) is 45.8 Å². The highest BCUT2D eigenvalue weighted by atomic mass is 15.3. The second-order valence-electron chi connectivity index (χ2n) is 7.50. The lowest BCUT2D eigenvalue weighted by Crippen LogP contribution is -2.48. The molecule has 0 saturated carbocycles. The van der Waals surface area contributed by atoms with E-state index in [0.29, 0.717) is 0 Å². The van der Waals surface area contributed by atoms with Crippen LogP contribution in [0.1, 0.15) is 47.0 Å². The first-order valence-electron chi connectivity index (χ1n) is 9.37. The number of nitrogens with zero attached hydrogens (tertiary/aromatic N) is 3. The Labute approximate surface area is 137 Å². The fourth-order valence-electron chi connectivity index (χ4n) is 4.06. The number of hydrogen-bond donors (Lipinski definition) is 1. The largest absolute Gasteiger partial charge is 0.357 e. The summed E-state index contributed by atoms with van der Waals surface area (Å²) in [7, 11) is 0. The Kier molecular flexibility index (Phi) is 7.00. The van der Waals surface area contributed by atoms with E-state index in [9.17, 15) is 0 Å². The van der Waals surface area contributed by atoms with Gasteiger partial charge in [0, 0.05) is 32.7 Å². The van der Waals surface area contributed by atoms with Crippen molar-refractivity contribution < 1.29 is 0 Å². The number of hydrogen-bond acceptors (Lipinski definition) is 2. The van der Waals surface area contributed by atoms with Crippen LogP contribution in [0.4, 0.5) is 0 Å². The van der Waals surface area contributed by atoms with Crippen molar-refractivity contribution in [2.45, 2.75) is 47.0 Å². The van der Waals surface area contributed by atoms with Crippen LogP contribution in [-0.4, -0.2) is 61.6 Å². The number of likely N-dealkylation sites (tertiary alicyclic amines) is 2. The second-order valence-corrected chi connectivity index (χ2v) is 7.50. The fourth-order valence-corrected chi connectivity index (χ4v) is 4.06.